The Hall–Kier alpha value is -3.75. The molecule has 0 radical (unpaired) electrons. The largest absolute Gasteiger partial charge is 0.456 e. The van der Waals surface area contributed by atoms with Crippen LogP contribution in [0.2, 0.25) is 5.02 Å². The molecule has 168 valence electrons. The van der Waals surface area contributed by atoms with Crippen molar-refractivity contribution in [1.29, 1.82) is 0 Å². The number of hydrogen-bond acceptors (Lipinski definition) is 6. The molecule has 4 rings (SSSR count). The second kappa shape index (κ2) is 9.81. The van der Waals surface area contributed by atoms with Crippen molar-refractivity contribution < 1.29 is 13.9 Å². The lowest BCUT2D eigenvalue weighted by molar-refractivity contribution is -0.116. The normalized spacial score (nSPS) is 10.9. The van der Waals surface area contributed by atoms with Gasteiger partial charge in [0.2, 0.25) is 5.91 Å². The number of ether oxygens (including phenoxy) is 1. The highest BCUT2D eigenvalue weighted by atomic mass is 35.5. The highest BCUT2D eigenvalue weighted by Crippen LogP contribution is 2.33. The third-order valence-electron chi connectivity index (χ3n) is 4.60. The van der Waals surface area contributed by atoms with Crippen LogP contribution in [0.1, 0.15) is 0 Å². The Kier molecular flexibility index (Phi) is 6.67. The van der Waals surface area contributed by atoms with Crippen LogP contribution in [0, 0.1) is 5.82 Å². The van der Waals surface area contributed by atoms with E-state index < -0.39 is 5.82 Å². The zero-order valence-corrected chi connectivity index (χ0v) is 18.7. The third kappa shape index (κ3) is 5.74. The summed E-state index contributed by atoms with van der Waals surface area (Å²) in [5.74, 6) is 0.786. The average Bonchev–Trinajstić information content (AvgIpc) is 2.75. The van der Waals surface area contributed by atoms with Gasteiger partial charge in [-0.25, -0.2) is 14.4 Å². The van der Waals surface area contributed by atoms with E-state index in [0.29, 0.717) is 33.7 Å². The molecule has 3 aromatic carbocycles. The molecule has 7 nitrogen and oxygen atoms in total. The number of halogens is 2. The summed E-state index contributed by atoms with van der Waals surface area (Å²) in [5, 5.41) is 7.18. The van der Waals surface area contributed by atoms with Crippen LogP contribution >= 0.6 is 11.6 Å². The number of anilines is 3. The van der Waals surface area contributed by atoms with Gasteiger partial charge in [0.15, 0.2) is 0 Å². The number of hydrogen-bond donors (Lipinski definition) is 2. The number of rotatable bonds is 7. The first-order valence-electron chi connectivity index (χ1n) is 10.1. The highest BCUT2D eigenvalue weighted by molar-refractivity contribution is 6.32. The van der Waals surface area contributed by atoms with E-state index >= 15 is 0 Å². The molecule has 0 bridgehead atoms. The third-order valence-corrected chi connectivity index (χ3v) is 4.89. The Morgan fingerprint density at radius 1 is 1.06 bits per heavy atom. The number of carbonyl (C=O) groups excluding carboxylic acids is 1. The van der Waals surface area contributed by atoms with E-state index in [1.807, 2.05) is 26.2 Å². The fraction of sp³-hybridized carbons (Fsp3) is 0.125. The summed E-state index contributed by atoms with van der Waals surface area (Å²) in [6, 6.07) is 16.4. The van der Waals surface area contributed by atoms with E-state index in [4.69, 9.17) is 16.3 Å². The number of amides is 1. The number of benzene rings is 3. The zero-order valence-electron chi connectivity index (χ0n) is 18.0. The zero-order chi connectivity index (χ0) is 23.4. The molecule has 1 aromatic heterocycles. The van der Waals surface area contributed by atoms with E-state index in [0.717, 1.165) is 10.9 Å². The van der Waals surface area contributed by atoms with Crippen molar-refractivity contribution in [3.63, 3.8) is 0 Å². The van der Waals surface area contributed by atoms with E-state index in [1.54, 1.807) is 41.3 Å². The minimum atomic E-state index is -0.394. The first-order chi connectivity index (χ1) is 15.9. The molecule has 2 N–H and O–H groups in total. The number of fused-ring (bicyclic) bond motifs is 1. The van der Waals surface area contributed by atoms with Gasteiger partial charge in [-0.15, -0.1) is 0 Å². The van der Waals surface area contributed by atoms with Crippen LogP contribution in [0.4, 0.5) is 21.6 Å². The quantitative estimate of drug-likeness (QED) is 0.377. The first-order valence-corrected chi connectivity index (χ1v) is 10.4. The van der Waals surface area contributed by atoms with E-state index in [-0.39, 0.29) is 12.5 Å². The predicted octanol–water partition coefficient (Wildman–Crippen LogP) is 5.46. The van der Waals surface area contributed by atoms with Gasteiger partial charge >= 0.3 is 0 Å². The van der Waals surface area contributed by atoms with Crippen LogP contribution in [0.5, 0.6) is 11.5 Å². The van der Waals surface area contributed by atoms with Gasteiger partial charge in [0.25, 0.3) is 0 Å². The summed E-state index contributed by atoms with van der Waals surface area (Å²) in [6.07, 6.45) is 1.46. The van der Waals surface area contributed by atoms with Gasteiger partial charge in [-0.3, -0.25) is 4.79 Å². The molecular formula is C24H21ClFN5O2. The van der Waals surface area contributed by atoms with Crippen molar-refractivity contribution in [2.75, 3.05) is 31.3 Å². The second-order valence-electron chi connectivity index (χ2n) is 7.57. The minimum absolute atomic E-state index is 0.119. The van der Waals surface area contributed by atoms with Crippen molar-refractivity contribution in [2.24, 2.45) is 0 Å². The van der Waals surface area contributed by atoms with Crippen molar-refractivity contribution >= 4 is 45.6 Å². The van der Waals surface area contributed by atoms with Gasteiger partial charge in [-0.2, -0.15) is 0 Å². The summed E-state index contributed by atoms with van der Waals surface area (Å²) in [4.78, 5) is 22.5. The second-order valence-corrected chi connectivity index (χ2v) is 7.98. The summed E-state index contributed by atoms with van der Waals surface area (Å²) in [6.45, 7) is 0.275. The van der Waals surface area contributed by atoms with Crippen molar-refractivity contribution in [3.8, 4) is 11.5 Å². The molecule has 0 spiro atoms. The van der Waals surface area contributed by atoms with Gasteiger partial charge in [0, 0.05) is 22.8 Å². The van der Waals surface area contributed by atoms with Gasteiger partial charge in [-0.05, 0) is 62.6 Å². The molecule has 0 fully saturated rings. The number of carbonyl (C=O) groups is 1. The summed E-state index contributed by atoms with van der Waals surface area (Å²) >= 11 is 6.38. The smallest absolute Gasteiger partial charge is 0.238 e. The maximum absolute atomic E-state index is 13.4. The highest BCUT2D eigenvalue weighted by Gasteiger charge is 2.10. The number of nitrogens with one attached hydrogen (secondary N) is 2. The Morgan fingerprint density at radius 2 is 1.88 bits per heavy atom. The van der Waals surface area contributed by atoms with Gasteiger partial charge in [0.05, 0.1) is 17.1 Å². The van der Waals surface area contributed by atoms with E-state index in [1.165, 1.54) is 18.5 Å². The molecule has 33 heavy (non-hydrogen) atoms. The van der Waals surface area contributed by atoms with Crippen molar-refractivity contribution in [2.45, 2.75) is 0 Å². The SMILES string of the molecule is CN(C)CC(=O)Nc1ccc2ncnc(Nc3ccc(Oc4cccc(F)c4)c(Cl)c3)c2c1. The molecule has 0 saturated carbocycles. The van der Waals surface area contributed by atoms with Gasteiger partial charge in [-0.1, -0.05) is 17.7 Å². The number of aromatic nitrogens is 2. The molecular weight excluding hydrogens is 445 g/mol. The summed E-state index contributed by atoms with van der Waals surface area (Å²) in [5.41, 5.74) is 2.04. The molecule has 1 heterocycles. The van der Waals surface area contributed by atoms with E-state index in [9.17, 15) is 9.18 Å². The Bertz CT molecular complexity index is 1320. The van der Waals surface area contributed by atoms with Gasteiger partial charge < -0.3 is 20.3 Å². The fourth-order valence-electron chi connectivity index (χ4n) is 3.18. The van der Waals surface area contributed by atoms with Gasteiger partial charge in [0.1, 0.15) is 29.5 Å². The average molecular weight is 466 g/mol. The topological polar surface area (TPSA) is 79.4 Å². The van der Waals surface area contributed by atoms with Crippen LogP contribution < -0.4 is 15.4 Å². The molecule has 1 amide bonds. The molecule has 0 aliphatic heterocycles. The summed E-state index contributed by atoms with van der Waals surface area (Å²) < 4.78 is 19.1. The van der Waals surface area contributed by atoms with Crippen LogP contribution in [0.3, 0.4) is 0 Å². The molecule has 9 heteroatoms. The molecule has 0 unspecified atom stereocenters. The lowest BCUT2D eigenvalue weighted by Gasteiger charge is -2.13. The van der Waals surface area contributed by atoms with Crippen LogP contribution in [0.25, 0.3) is 10.9 Å². The minimum Gasteiger partial charge on any atom is -0.456 e. The number of likely N-dealkylation sites (N-methyl/N-ethyl adjacent to an activating group) is 1. The van der Waals surface area contributed by atoms with Crippen LogP contribution in [0.15, 0.2) is 67.0 Å². The monoisotopic (exact) mass is 465 g/mol. The fourth-order valence-corrected chi connectivity index (χ4v) is 3.40. The molecule has 0 atom stereocenters. The maximum Gasteiger partial charge on any atom is 0.238 e. The molecule has 4 aromatic rings. The molecule has 0 aliphatic rings. The molecule has 0 saturated heterocycles. The Morgan fingerprint density at radius 3 is 2.64 bits per heavy atom. The number of nitrogens with zero attached hydrogens (tertiary/aromatic N) is 3. The van der Waals surface area contributed by atoms with Crippen molar-refractivity contribution in [3.05, 3.63) is 77.8 Å². The standard InChI is InChI=1S/C24H21ClFN5O2/c1-31(2)13-23(32)29-16-6-8-21-19(11-16)24(28-14-27-21)30-17-7-9-22(20(25)12-17)33-18-5-3-4-15(26)10-18/h3-12,14H,13H2,1-2H3,(H,29,32)(H,27,28,30). The summed E-state index contributed by atoms with van der Waals surface area (Å²) in [7, 11) is 3.66. The lowest BCUT2D eigenvalue weighted by Crippen LogP contribution is -2.27. The Labute approximate surface area is 195 Å². The first kappa shape index (κ1) is 22.4. The molecule has 0 aliphatic carbocycles. The lowest BCUT2D eigenvalue weighted by atomic mass is 10.2. The Balaban J connectivity index is 1.56. The van der Waals surface area contributed by atoms with Crippen molar-refractivity contribution in [1.82, 2.24) is 14.9 Å². The van der Waals surface area contributed by atoms with E-state index in [2.05, 4.69) is 20.6 Å². The maximum atomic E-state index is 13.4. The van der Waals surface area contributed by atoms with Crippen LogP contribution in [-0.2, 0) is 4.79 Å². The predicted molar refractivity (Wildman–Crippen MR) is 128 cm³/mol. The van der Waals surface area contributed by atoms with Crippen LogP contribution in [-0.4, -0.2) is 41.4 Å².